The Labute approximate surface area is 164 Å². The van der Waals surface area contributed by atoms with Gasteiger partial charge in [0.05, 0.1) is 12.2 Å². The molecular weight excluding hydrogens is 350 g/mol. The molecule has 5 heteroatoms. The highest BCUT2D eigenvalue weighted by atomic mass is 16.5. The first-order valence-corrected chi connectivity index (χ1v) is 9.42. The third kappa shape index (κ3) is 3.56. The second kappa shape index (κ2) is 7.72. The van der Waals surface area contributed by atoms with Gasteiger partial charge in [0.15, 0.2) is 0 Å². The summed E-state index contributed by atoms with van der Waals surface area (Å²) in [5, 5.41) is 5.13. The Hall–Kier alpha value is -3.34. The molecule has 0 bridgehead atoms. The molecule has 1 N–H and O–H groups in total. The van der Waals surface area contributed by atoms with Crippen LogP contribution >= 0.6 is 0 Å². The normalized spacial score (nSPS) is 13.5. The molecule has 1 aliphatic rings. The fraction of sp³-hybridized carbons (Fsp3) is 0.217. The van der Waals surface area contributed by atoms with E-state index in [2.05, 4.69) is 23.3 Å². The van der Waals surface area contributed by atoms with E-state index in [1.807, 2.05) is 61.5 Å². The summed E-state index contributed by atoms with van der Waals surface area (Å²) in [5.41, 5.74) is 3.08. The van der Waals surface area contributed by atoms with E-state index in [0.29, 0.717) is 18.9 Å². The number of hydrogen-bond acceptors (Lipinski definition) is 3. The zero-order valence-electron chi connectivity index (χ0n) is 16.1. The molecule has 0 aromatic heterocycles. The van der Waals surface area contributed by atoms with Crippen LogP contribution in [0.2, 0.25) is 0 Å². The smallest absolute Gasteiger partial charge is 0.327 e. The van der Waals surface area contributed by atoms with Crippen LogP contribution in [0.4, 0.5) is 10.5 Å². The molecule has 0 saturated heterocycles. The van der Waals surface area contributed by atoms with E-state index in [1.54, 1.807) is 4.90 Å². The number of rotatable bonds is 4. The number of carbonyl (C=O) groups is 1. The van der Waals surface area contributed by atoms with Crippen molar-refractivity contribution in [3.05, 3.63) is 71.8 Å². The van der Waals surface area contributed by atoms with Gasteiger partial charge in [0.2, 0.25) is 0 Å². The quantitative estimate of drug-likeness (QED) is 0.715. The maximum Gasteiger partial charge on any atom is 0.327 e. The summed E-state index contributed by atoms with van der Waals surface area (Å²) in [5.74, 6) is 1.47. The topological polar surface area (TPSA) is 53.9 Å². The second-order valence-electron chi connectivity index (χ2n) is 6.89. The average Bonchev–Trinajstić information content (AvgIpc) is 3.18. The van der Waals surface area contributed by atoms with Gasteiger partial charge in [-0.25, -0.2) is 4.79 Å². The van der Waals surface area contributed by atoms with Crippen molar-refractivity contribution >= 4 is 28.3 Å². The van der Waals surface area contributed by atoms with Crippen LogP contribution in [0.15, 0.2) is 65.7 Å². The Kier molecular flexibility index (Phi) is 4.98. The maximum absolute atomic E-state index is 12.9. The number of nitrogens with one attached hydrogen (secondary N) is 1. The van der Waals surface area contributed by atoms with Crippen LogP contribution in [0.25, 0.3) is 10.8 Å². The van der Waals surface area contributed by atoms with Crippen LogP contribution in [0.1, 0.15) is 11.1 Å². The number of anilines is 1. The lowest BCUT2D eigenvalue weighted by Crippen LogP contribution is -2.40. The summed E-state index contributed by atoms with van der Waals surface area (Å²) < 4.78 is 5.95. The summed E-state index contributed by atoms with van der Waals surface area (Å²) in [7, 11) is 0. The number of nitrogens with zero attached hydrogens (tertiary/aromatic N) is 2. The van der Waals surface area contributed by atoms with Crippen molar-refractivity contribution < 1.29 is 9.53 Å². The molecule has 4 rings (SSSR count). The fourth-order valence-corrected chi connectivity index (χ4v) is 3.38. The molecule has 0 radical (unpaired) electrons. The second-order valence-corrected chi connectivity index (χ2v) is 6.89. The van der Waals surface area contributed by atoms with Gasteiger partial charge in [-0.15, -0.1) is 0 Å². The summed E-state index contributed by atoms with van der Waals surface area (Å²) >= 11 is 0. The van der Waals surface area contributed by atoms with Crippen LogP contribution < -0.4 is 10.1 Å². The van der Waals surface area contributed by atoms with Gasteiger partial charge in [-0.3, -0.25) is 9.89 Å². The first kappa shape index (κ1) is 18.0. The molecule has 0 spiro atoms. The minimum absolute atomic E-state index is 0.183. The zero-order valence-corrected chi connectivity index (χ0v) is 16.1. The number of urea groups is 1. The Morgan fingerprint density at radius 1 is 1.07 bits per heavy atom. The van der Waals surface area contributed by atoms with Gasteiger partial charge in [0.25, 0.3) is 0 Å². The van der Waals surface area contributed by atoms with Gasteiger partial charge >= 0.3 is 6.03 Å². The lowest BCUT2D eigenvalue weighted by atomic mass is 10.1. The third-order valence-corrected chi connectivity index (χ3v) is 5.12. The van der Waals surface area contributed by atoms with Gasteiger partial charge in [-0.1, -0.05) is 48.5 Å². The van der Waals surface area contributed by atoms with E-state index in [4.69, 9.17) is 4.74 Å². The molecule has 0 saturated carbocycles. The number of hydrogen-bond donors (Lipinski definition) is 1. The molecule has 1 aliphatic heterocycles. The molecule has 1 heterocycles. The molecule has 0 aliphatic carbocycles. The third-order valence-electron chi connectivity index (χ3n) is 5.12. The number of amidine groups is 1. The molecule has 28 heavy (non-hydrogen) atoms. The van der Waals surface area contributed by atoms with Crippen LogP contribution in [0.5, 0.6) is 5.75 Å². The van der Waals surface area contributed by atoms with Crippen molar-refractivity contribution in [3.8, 4) is 5.75 Å². The first-order valence-electron chi connectivity index (χ1n) is 9.42. The molecule has 0 unspecified atom stereocenters. The van der Waals surface area contributed by atoms with Gasteiger partial charge in [-0.2, -0.15) is 0 Å². The largest absolute Gasteiger partial charge is 0.485 e. The lowest BCUT2D eigenvalue weighted by Gasteiger charge is -2.20. The van der Waals surface area contributed by atoms with Gasteiger partial charge in [0, 0.05) is 11.9 Å². The van der Waals surface area contributed by atoms with Crippen LogP contribution in [0.3, 0.4) is 0 Å². The number of amides is 2. The number of aryl methyl sites for hydroxylation is 1. The first-order chi connectivity index (χ1) is 13.6. The number of ether oxygens (including phenoxy) is 1. The maximum atomic E-state index is 12.9. The standard InChI is InChI=1S/C23H23N3O2/c1-16-7-5-12-21(17(16)2)28-15-22-24-13-14-26(22)23(27)25-20-11-6-9-18-8-3-4-10-19(18)20/h3-12H,13-15H2,1-2H3,(H,25,27). The van der Waals surface area contributed by atoms with E-state index in [0.717, 1.165) is 27.8 Å². The SMILES string of the molecule is Cc1cccc(OCC2=NCCN2C(=O)Nc2cccc3ccccc23)c1C. The molecule has 142 valence electrons. The molecular formula is C23H23N3O2. The summed E-state index contributed by atoms with van der Waals surface area (Å²) in [6, 6.07) is 19.7. The molecule has 0 fully saturated rings. The fourth-order valence-electron chi connectivity index (χ4n) is 3.38. The van der Waals surface area contributed by atoms with E-state index in [1.165, 1.54) is 5.56 Å². The minimum Gasteiger partial charge on any atom is -0.485 e. The molecule has 3 aromatic carbocycles. The Bertz CT molecular complexity index is 1050. The Morgan fingerprint density at radius 2 is 1.86 bits per heavy atom. The predicted octanol–water partition coefficient (Wildman–Crippen LogP) is 4.78. The van der Waals surface area contributed by atoms with Crippen molar-refractivity contribution in [3.63, 3.8) is 0 Å². The van der Waals surface area contributed by atoms with Crippen molar-refractivity contribution in [1.29, 1.82) is 0 Å². The van der Waals surface area contributed by atoms with Crippen molar-refractivity contribution in [2.45, 2.75) is 13.8 Å². The Morgan fingerprint density at radius 3 is 2.75 bits per heavy atom. The summed E-state index contributed by atoms with van der Waals surface area (Å²) in [6.45, 7) is 5.51. The van der Waals surface area contributed by atoms with Crippen LogP contribution in [-0.2, 0) is 0 Å². The minimum atomic E-state index is -0.183. The number of benzene rings is 3. The molecule has 5 nitrogen and oxygen atoms in total. The molecule has 0 atom stereocenters. The van der Waals surface area contributed by atoms with Crippen LogP contribution in [-0.4, -0.2) is 36.5 Å². The lowest BCUT2D eigenvalue weighted by molar-refractivity contribution is 0.234. The van der Waals surface area contributed by atoms with Gasteiger partial charge in [-0.05, 0) is 42.5 Å². The summed E-state index contributed by atoms with van der Waals surface area (Å²) in [4.78, 5) is 19.0. The van der Waals surface area contributed by atoms with E-state index >= 15 is 0 Å². The Balaban J connectivity index is 1.47. The van der Waals surface area contributed by atoms with Crippen molar-refractivity contribution in [2.75, 3.05) is 25.0 Å². The van der Waals surface area contributed by atoms with E-state index < -0.39 is 0 Å². The van der Waals surface area contributed by atoms with Crippen molar-refractivity contribution in [1.82, 2.24) is 4.90 Å². The van der Waals surface area contributed by atoms with Gasteiger partial charge in [0.1, 0.15) is 18.2 Å². The number of fused-ring (bicyclic) bond motifs is 1. The van der Waals surface area contributed by atoms with Gasteiger partial charge < -0.3 is 10.1 Å². The molecule has 2 amide bonds. The average molecular weight is 373 g/mol. The molecule has 3 aromatic rings. The highest BCUT2D eigenvalue weighted by Gasteiger charge is 2.24. The highest BCUT2D eigenvalue weighted by molar-refractivity contribution is 6.08. The van der Waals surface area contributed by atoms with E-state index in [9.17, 15) is 4.79 Å². The van der Waals surface area contributed by atoms with E-state index in [-0.39, 0.29) is 12.6 Å². The monoisotopic (exact) mass is 373 g/mol. The zero-order chi connectivity index (χ0) is 19.5. The number of carbonyl (C=O) groups excluding carboxylic acids is 1. The highest BCUT2D eigenvalue weighted by Crippen LogP contribution is 2.24. The van der Waals surface area contributed by atoms with Crippen molar-refractivity contribution in [2.24, 2.45) is 4.99 Å². The van der Waals surface area contributed by atoms with Crippen LogP contribution in [0, 0.1) is 13.8 Å². The summed E-state index contributed by atoms with van der Waals surface area (Å²) in [6.07, 6.45) is 0. The predicted molar refractivity (Wildman–Crippen MR) is 113 cm³/mol. The number of aliphatic imine (C=N–C) groups is 1.